The van der Waals surface area contributed by atoms with Crippen molar-refractivity contribution in [3.8, 4) is 0 Å². The normalized spacial score (nSPS) is 11.8. The predicted octanol–water partition coefficient (Wildman–Crippen LogP) is 4.15. The Labute approximate surface area is 115 Å². The highest BCUT2D eigenvalue weighted by atomic mass is 32.2. The van der Waals surface area contributed by atoms with Crippen molar-refractivity contribution in [2.45, 2.75) is 44.9 Å². The van der Waals surface area contributed by atoms with Gasteiger partial charge in [-0.05, 0) is 49.3 Å². The third-order valence-corrected chi connectivity index (χ3v) is 5.38. The van der Waals surface area contributed by atoms with E-state index in [4.69, 9.17) is 0 Å². The molecule has 1 N–H and O–H groups in total. The summed E-state index contributed by atoms with van der Waals surface area (Å²) in [6, 6.07) is 5.00. The lowest BCUT2D eigenvalue weighted by Gasteiger charge is -2.30. The van der Waals surface area contributed by atoms with Crippen molar-refractivity contribution in [3.63, 3.8) is 0 Å². The zero-order chi connectivity index (χ0) is 13.6. The lowest BCUT2D eigenvalue weighted by molar-refractivity contribution is 0.494. The summed E-state index contributed by atoms with van der Waals surface area (Å²) < 4.78 is 13.3. The predicted molar refractivity (Wildman–Crippen MR) is 79.7 cm³/mol. The number of hydrogen-bond donors (Lipinski definition) is 1. The topological polar surface area (TPSA) is 12.0 Å². The van der Waals surface area contributed by atoms with Crippen molar-refractivity contribution < 1.29 is 4.39 Å². The minimum Gasteiger partial charge on any atom is -0.311 e. The number of rotatable bonds is 7. The fourth-order valence-electron chi connectivity index (χ4n) is 2.14. The van der Waals surface area contributed by atoms with Crippen LogP contribution >= 0.6 is 11.8 Å². The van der Waals surface area contributed by atoms with Gasteiger partial charge in [0.25, 0.3) is 0 Å². The SMILES string of the molecule is CCC(CC)(CNCc1ccc(F)cc1C)SC. The maximum absolute atomic E-state index is 13.0. The van der Waals surface area contributed by atoms with E-state index in [2.05, 4.69) is 25.4 Å². The smallest absolute Gasteiger partial charge is 0.123 e. The van der Waals surface area contributed by atoms with E-state index < -0.39 is 0 Å². The molecule has 0 fully saturated rings. The van der Waals surface area contributed by atoms with Gasteiger partial charge in [-0.15, -0.1) is 0 Å². The van der Waals surface area contributed by atoms with E-state index in [0.29, 0.717) is 4.75 Å². The Hall–Kier alpha value is -0.540. The van der Waals surface area contributed by atoms with Gasteiger partial charge in [0.15, 0.2) is 0 Å². The molecule has 0 aromatic heterocycles. The molecule has 0 atom stereocenters. The summed E-state index contributed by atoms with van der Waals surface area (Å²) in [6.07, 6.45) is 4.51. The van der Waals surface area contributed by atoms with E-state index in [0.717, 1.165) is 18.7 Å². The second kappa shape index (κ2) is 7.15. The van der Waals surface area contributed by atoms with Crippen LogP contribution in [-0.2, 0) is 6.54 Å². The lowest BCUT2D eigenvalue weighted by atomic mass is 10.0. The second-order valence-electron chi connectivity index (χ2n) is 4.77. The van der Waals surface area contributed by atoms with Crippen LogP contribution in [0, 0.1) is 12.7 Å². The Kier molecular flexibility index (Phi) is 6.16. The number of benzene rings is 1. The molecule has 1 aromatic carbocycles. The van der Waals surface area contributed by atoms with Crippen molar-refractivity contribution >= 4 is 11.8 Å². The number of nitrogens with one attached hydrogen (secondary N) is 1. The average molecular weight is 269 g/mol. The standard InChI is InChI=1S/C15H24FNS/c1-5-15(6-2,18-4)11-17-10-13-7-8-14(16)9-12(13)3/h7-9,17H,5-6,10-11H2,1-4H3. The average Bonchev–Trinajstić information content (AvgIpc) is 2.38. The van der Waals surface area contributed by atoms with E-state index in [1.54, 1.807) is 6.07 Å². The van der Waals surface area contributed by atoms with Gasteiger partial charge in [0.1, 0.15) is 5.82 Å². The first-order valence-electron chi connectivity index (χ1n) is 6.57. The fourth-order valence-corrected chi connectivity index (χ4v) is 2.97. The third-order valence-electron chi connectivity index (χ3n) is 3.79. The van der Waals surface area contributed by atoms with Gasteiger partial charge in [0, 0.05) is 17.8 Å². The van der Waals surface area contributed by atoms with Crippen LogP contribution in [0.5, 0.6) is 0 Å². The highest BCUT2D eigenvalue weighted by Gasteiger charge is 2.23. The summed E-state index contributed by atoms with van der Waals surface area (Å²) in [5.74, 6) is -0.156. The second-order valence-corrected chi connectivity index (χ2v) is 6.04. The van der Waals surface area contributed by atoms with Crippen LogP contribution in [-0.4, -0.2) is 17.5 Å². The summed E-state index contributed by atoms with van der Waals surface area (Å²) in [5.41, 5.74) is 2.20. The van der Waals surface area contributed by atoms with Crippen LogP contribution in [0.1, 0.15) is 37.8 Å². The molecule has 0 aliphatic rings. The Morgan fingerprint density at radius 1 is 1.28 bits per heavy atom. The minimum atomic E-state index is -0.156. The minimum absolute atomic E-state index is 0.156. The van der Waals surface area contributed by atoms with Gasteiger partial charge < -0.3 is 5.32 Å². The molecule has 3 heteroatoms. The van der Waals surface area contributed by atoms with Crippen molar-refractivity contribution in [1.82, 2.24) is 5.32 Å². The largest absolute Gasteiger partial charge is 0.311 e. The summed E-state index contributed by atoms with van der Waals surface area (Å²) in [5, 5.41) is 3.51. The summed E-state index contributed by atoms with van der Waals surface area (Å²) in [6.45, 7) is 8.25. The molecule has 0 amide bonds. The van der Waals surface area contributed by atoms with Gasteiger partial charge in [-0.25, -0.2) is 4.39 Å². The molecule has 0 unspecified atom stereocenters. The molecule has 102 valence electrons. The van der Waals surface area contributed by atoms with E-state index in [9.17, 15) is 4.39 Å². The monoisotopic (exact) mass is 269 g/mol. The van der Waals surface area contributed by atoms with E-state index in [1.165, 1.54) is 24.5 Å². The Balaban J connectivity index is 2.55. The Morgan fingerprint density at radius 3 is 2.44 bits per heavy atom. The number of aryl methyl sites for hydroxylation is 1. The zero-order valence-corrected chi connectivity index (χ0v) is 12.7. The van der Waals surface area contributed by atoms with E-state index in [1.807, 2.05) is 24.8 Å². The molecule has 0 aliphatic heterocycles. The van der Waals surface area contributed by atoms with Gasteiger partial charge in [0.2, 0.25) is 0 Å². The molecule has 0 saturated carbocycles. The van der Waals surface area contributed by atoms with Crippen LogP contribution in [0.25, 0.3) is 0 Å². The molecule has 0 aliphatic carbocycles. The molecule has 0 heterocycles. The molecule has 1 nitrogen and oxygen atoms in total. The lowest BCUT2D eigenvalue weighted by Crippen LogP contribution is -2.36. The first-order valence-corrected chi connectivity index (χ1v) is 7.80. The highest BCUT2D eigenvalue weighted by molar-refractivity contribution is 8.00. The zero-order valence-electron chi connectivity index (χ0n) is 11.8. The number of thioether (sulfide) groups is 1. The fraction of sp³-hybridized carbons (Fsp3) is 0.600. The maximum Gasteiger partial charge on any atom is 0.123 e. The van der Waals surface area contributed by atoms with Crippen LogP contribution in [0.3, 0.4) is 0 Å². The van der Waals surface area contributed by atoms with Gasteiger partial charge >= 0.3 is 0 Å². The Bertz CT molecular complexity index is 366. The first kappa shape index (κ1) is 15.5. The molecule has 1 rings (SSSR count). The van der Waals surface area contributed by atoms with Gasteiger partial charge in [-0.3, -0.25) is 0 Å². The summed E-state index contributed by atoms with van der Waals surface area (Å²) >= 11 is 1.94. The molecule has 0 radical (unpaired) electrons. The van der Waals surface area contributed by atoms with Crippen LogP contribution in [0.2, 0.25) is 0 Å². The van der Waals surface area contributed by atoms with Crippen LogP contribution in [0.15, 0.2) is 18.2 Å². The molecular formula is C15H24FNS. The molecule has 1 aromatic rings. The first-order chi connectivity index (χ1) is 8.56. The molecular weight excluding hydrogens is 245 g/mol. The van der Waals surface area contributed by atoms with Gasteiger partial charge in [0.05, 0.1) is 0 Å². The molecule has 0 saturated heterocycles. The molecule has 0 spiro atoms. The molecule has 0 bridgehead atoms. The van der Waals surface area contributed by atoms with E-state index >= 15 is 0 Å². The van der Waals surface area contributed by atoms with Crippen molar-refractivity contribution in [3.05, 3.63) is 35.1 Å². The van der Waals surface area contributed by atoms with E-state index in [-0.39, 0.29) is 5.82 Å². The van der Waals surface area contributed by atoms with Crippen LogP contribution < -0.4 is 5.32 Å². The Morgan fingerprint density at radius 2 is 1.94 bits per heavy atom. The maximum atomic E-state index is 13.0. The highest BCUT2D eigenvalue weighted by Crippen LogP contribution is 2.29. The quantitative estimate of drug-likeness (QED) is 0.798. The van der Waals surface area contributed by atoms with Crippen molar-refractivity contribution in [2.75, 3.05) is 12.8 Å². The van der Waals surface area contributed by atoms with Gasteiger partial charge in [-0.1, -0.05) is 19.9 Å². The summed E-state index contributed by atoms with van der Waals surface area (Å²) in [4.78, 5) is 0. The third kappa shape index (κ3) is 3.99. The van der Waals surface area contributed by atoms with Crippen molar-refractivity contribution in [2.24, 2.45) is 0 Å². The van der Waals surface area contributed by atoms with Crippen molar-refractivity contribution in [1.29, 1.82) is 0 Å². The van der Waals surface area contributed by atoms with Crippen LogP contribution in [0.4, 0.5) is 4.39 Å². The number of hydrogen-bond acceptors (Lipinski definition) is 2. The summed E-state index contributed by atoms with van der Waals surface area (Å²) in [7, 11) is 0. The van der Waals surface area contributed by atoms with Gasteiger partial charge in [-0.2, -0.15) is 11.8 Å². The number of halogens is 1. The molecule has 18 heavy (non-hydrogen) atoms.